The highest BCUT2D eigenvalue weighted by Gasteiger charge is 2.14. The molecule has 0 amide bonds. The number of rotatable bonds is 2. The average molecular weight is 256 g/mol. The molecule has 0 aliphatic carbocycles. The Hall–Kier alpha value is -2.56. The summed E-state index contributed by atoms with van der Waals surface area (Å²) in [6, 6.07) is 10.7. The number of nitrogens with two attached hydrogens (primary N) is 2. The summed E-state index contributed by atoms with van der Waals surface area (Å²) in [7, 11) is 0. The van der Waals surface area contributed by atoms with Crippen molar-refractivity contribution in [3.8, 4) is 0 Å². The van der Waals surface area contributed by atoms with Gasteiger partial charge in [-0.15, -0.1) is 0 Å². The highest BCUT2D eigenvalue weighted by atomic mass is 16.5. The lowest BCUT2D eigenvalue weighted by Crippen LogP contribution is -2.00. The molecular weight excluding hydrogens is 240 g/mol. The van der Waals surface area contributed by atoms with Crippen molar-refractivity contribution in [2.24, 2.45) is 5.11 Å². The Morgan fingerprint density at radius 2 is 1.53 bits per heavy atom. The maximum absolute atomic E-state index is 12.2. The van der Waals surface area contributed by atoms with Crippen LogP contribution in [0, 0.1) is 19.1 Å². The van der Waals surface area contributed by atoms with Crippen LogP contribution in [-0.2, 0) is 0 Å². The normalized spacial score (nSPS) is 11.6. The molecule has 19 heavy (non-hydrogen) atoms. The Labute approximate surface area is 111 Å². The van der Waals surface area contributed by atoms with Crippen molar-refractivity contribution in [3.63, 3.8) is 0 Å². The molecule has 0 unspecified atom stereocenters. The van der Waals surface area contributed by atoms with E-state index >= 15 is 0 Å². The van der Waals surface area contributed by atoms with Crippen molar-refractivity contribution >= 4 is 22.7 Å². The minimum atomic E-state index is 0.352. The molecule has 5 nitrogen and oxygen atoms in total. The van der Waals surface area contributed by atoms with Crippen LogP contribution in [0.1, 0.15) is 11.1 Å². The summed E-state index contributed by atoms with van der Waals surface area (Å²) in [4.78, 5) is 0.531. The van der Waals surface area contributed by atoms with Gasteiger partial charge >= 0.3 is 0 Å². The van der Waals surface area contributed by atoms with Gasteiger partial charge in [-0.25, -0.2) is 0 Å². The molecule has 0 atom stereocenters. The topological polar surface area (TPSA) is 90.5 Å². The summed E-state index contributed by atoms with van der Waals surface area (Å²) in [5.41, 5.74) is 14.9. The Kier molecular flexibility index (Phi) is 3.37. The minimum absolute atomic E-state index is 0.352. The zero-order chi connectivity index (χ0) is 14.0. The van der Waals surface area contributed by atoms with Crippen LogP contribution in [0.5, 0.6) is 0 Å². The van der Waals surface area contributed by atoms with Crippen LogP contribution in [-0.4, -0.2) is 4.86 Å². The maximum Gasteiger partial charge on any atom is 0.270 e. The monoisotopic (exact) mass is 256 g/mol. The van der Waals surface area contributed by atoms with E-state index in [9.17, 15) is 5.21 Å². The minimum Gasteiger partial charge on any atom is -0.594 e. The molecule has 0 aromatic heterocycles. The number of nitrogens with zero attached hydrogens (tertiary/aromatic N) is 2. The maximum atomic E-state index is 12.2. The van der Waals surface area contributed by atoms with Gasteiger partial charge in [-0.2, -0.15) is 0 Å². The second-order valence-corrected chi connectivity index (χ2v) is 4.40. The largest absolute Gasteiger partial charge is 0.594 e. The summed E-state index contributed by atoms with van der Waals surface area (Å²) in [6.07, 6.45) is 0. The number of benzene rings is 2. The van der Waals surface area contributed by atoms with Crippen LogP contribution in [0.3, 0.4) is 0 Å². The van der Waals surface area contributed by atoms with E-state index in [4.69, 9.17) is 11.5 Å². The first-order valence-corrected chi connectivity index (χ1v) is 5.90. The third kappa shape index (κ3) is 2.49. The Morgan fingerprint density at radius 3 is 2.11 bits per heavy atom. The quantitative estimate of drug-likeness (QED) is 0.373. The molecule has 98 valence electrons. The van der Waals surface area contributed by atoms with Crippen LogP contribution in [0.15, 0.2) is 41.5 Å². The van der Waals surface area contributed by atoms with Gasteiger partial charge in [-0.1, -0.05) is 24.3 Å². The molecule has 0 radical (unpaired) electrons. The van der Waals surface area contributed by atoms with Gasteiger partial charge in [-0.3, -0.25) is 0 Å². The van der Waals surface area contributed by atoms with Gasteiger partial charge in [0.1, 0.15) is 5.69 Å². The van der Waals surface area contributed by atoms with E-state index in [0.717, 1.165) is 11.1 Å². The Bertz CT molecular complexity index is 609. The zero-order valence-corrected chi connectivity index (χ0v) is 10.9. The van der Waals surface area contributed by atoms with Gasteiger partial charge in [0.15, 0.2) is 5.69 Å². The van der Waals surface area contributed by atoms with Crippen molar-refractivity contribution in [2.45, 2.75) is 13.8 Å². The van der Waals surface area contributed by atoms with Gasteiger partial charge in [0.05, 0.1) is 5.69 Å². The summed E-state index contributed by atoms with van der Waals surface area (Å²) in [6.45, 7) is 3.66. The molecule has 0 saturated carbocycles. The second kappa shape index (κ2) is 4.97. The highest BCUT2D eigenvalue weighted by Crippen LogP contribution is 2.31. The molecule has 0 aliphatic heterocycles. The average Bonchev–Trinajstić information content (AvgIpc) is 2.34. The summed E-state index contributed by atoms with van der Waals surface area (Å²) < 4.78 is 0. The van der Waals surface area contributed by atoms with E-state index in [2.05, 4.69) is 5.11 Å². The van der Waals surface area contributed by atoms with E-state index in [0.29, 0.717) is 27.6 Å². The van der Waals surface area contributed by atoms with E-state index in [1.807, 2.05) is 32.0 Å². The van der Waals surface area contributed by atoms with Gasteiger partial charge in [0.2, 0.25) is 0 Å². The lowest BCUT2D eigenvalue weighted by atomic mass is 10.1. The number of hydrogen-bond donors (Lipinski definition) is 2. The molecule has 0 bridgehead atoms. The zero-order valence-electron chi connectivity index (χ0n) is 10.9. The van der Waals surface area contributed by atoms with Gasteiger partial charge in [-0.05, 0) is 36.4 Å². The number of para-hydroxylation sites is 1. The van der Waals surface area contributed by atoms with Crippen LogP contribution in [0.25, 0.3) is 0 Å². The summed E-state index contributed by atoms with van der Waals surface area (Å²) >= 11 is 0. The first-order chi connectivity index (χ1) is 9.00. The third-order valence-corrected chi connectivity index (χ3v) is 2.92. The number of azo groups is 1. The number of nitrogen functional groups attached to an aromatic ring is 2. The van der Waals surface area contributed by atoms with Crippen molar-refractivity contribution in [1.82, 2.24) is 0 Å². The van der Waals surface area contributed by atoms with E-state index in [-0.39, 0.29) is 0 Å². The van der Waals surface area contributed by atoms with Gasteiger partial charge in [0.25, 0.3) is 5.69 Å². The lowest BCUT2D eigenvalue weighted by Gasteiger charge is -2.07. The predicted octanol–water partition coefficient (Wildman–Crippen LogP) is 3.39. The molecule has 0 heterocycles. The molecule has 2 aromatic rings. The highest BCUT2D eigenvalue weighted by molar-refractivity contribution is 5.66. The molecule has 2 aromatic carbocycles. The van der Waals surface area contributed by atoms with E-state index in [1.165, 1.54) is 0 Å². The van der Waals surface area contributed by atoms with Crippen molar-refractivity contribution in [1.29, 1.82) is 0 Å². The van der Waals surface area contributed by atoms with Crippen LogP contribution in [0.4, 0.5) is 22.7 Å². The fraction of sp³-hybridized carbons (Fsp3) is 0.143. The molecule has 5 heteroatoms. The Balaban J connectivity index is 2.55. The van der Waals surface area contributed by atoms with Crippen LogP contribution >= 0.6 is 0 Å². The predicted molar refractivity (Wildman–Crippen MR) is 76.6 cm³/mol. The third-order valence-electron chi connectivity index (χ3n) is 2.92. The number of aryl methyl sites for hydroxylation is 2. The van der Waals surface area contributed by atoms with Gasteiger partial charge < -0.3 is 16.7 Å². The molecule has 0 spiro atoms. The summed E-state index contributed by atoms with van der Waals surface area (Å²) in [5, 5.41) is 16.2. The first kappa shape index (κ1) is 12.9. The molecule has 4 N–H and O–H groups in total. The fourth-order valence-electron chi connectivity index (χ4n) is 1.90. The number of hydrogen-bond acceptors (Lipinski definition) is 4. The van der Waals surface area contributed by atoms with Crippen LogP contribution < -0.4 is 11.5 Å². The fourth-order valence-corrected chi connectivity index (χ4v) is 1.90. The summed E-state index contributed by atoms with van der Waals surface area (Å²) in [5.74, 6) is 0. The van der Waals surface area contributed by atoms with E-state index < -0.39 is 0 Å². The van der Waals surface area contributed by atoms with Gasteiger partial charge in [0, 0.05) is 10.7 Å². The lowest BCUT2D eigenvalue weighted by molar-refractivity contribution is -0.434. The molecular formula is C14H16N4O. The smallest absolute Gasteiger partial charge is 0.270 e. The van der Waals surface area contributed by atoms with E-state index in [1.54, 1.807) is 18.2 Å². The Morgan fingerprint density at radius 1 is 0.947 bits per heavy atom. The SMILES string of the molecule is Cc1cccc(N)c1N=[N+]([O-])c1c(C)cccc1N. The van der Waals surface area contributed by atoms with Crippen molar-refractivity contribution in [2.75, 3.05) is 11.5 Å². The molecule has 0 fully saturated rings. The first-order valence-electron chi connectivity index (χ1n) is 5.90. The molecule has 2 rings (SSSR count). The molecule has 0 saturated heterocycles. The second-order valence-electron chi connectivity index (χ2n) is 4.40. The van der Waals surface area contributed by atoms with Crippen molar-refractivity contribution in [3.05, 3.63) is 52.7 Å². The standard InChI is InChI=1S/C14H16N4O/c1-9-5-3-7-11(15)13(9)17-18(19)14-10(2)6-4-8-12(14)16/h3-8H,15-16H2,1-2H3. The molecule has 0 aliphatic rings. The van der Waals surface area contributed by atoms with Crippen LogP contribution in [0.2, 0.25) is 0 Å². The van der Waals surface area contributed by atoms with Crippen molar-refractivity contribution < 1.29 is 4.86 Å². The number of anilines is 2.